The second kappa shape index (κ2) is 9.16. The summed E-state index contributed by atoms with van der Waals surface area (Å²) in [7, 11) is 3.42. The largest absolute Gasteiger partial charge is 0.491 e. The number of ether oxygens (including phenoxy) is 2. The Morgan fingerprint density at radius 1 is 1.41 bits per heavy atom. The van der Waals surface area contributed by atoms with Gasteiger partial charge < -0.3 is 14.4 Å². The first-order chi connectivity index (χ1) is 10.0. The van der Waals surface area contributed by atoms with Gasteiger partial charge in [-0.15, -0.1) is 22.9 Å². The topological polar surface area (TPSA) is 38.8 Å². The Morgan fingerprint density at radius 2 is 2.14 bits per heavy atom. The second-order valence-electron chi connectivity index (χ2n) is 4.91. The van der Waals surface area contributed by atoms with Gasteiger partial charge in [-0.25, -0.2) is 6.08 Å². The van der Waals surface area contributed by atoms with Gasteiger partial charge in [0.2, 0.25) is 5.91 Å². The van der Waals surface area contributed by atoms with E-state index in [0.29, 0.717) is 19.6 Å². The van der Waals surface area contributed by atoms with E-state index < -0.39 is 0 Å². The molecule has 0 aliphatic carbocycles. The molecule has 1 radical (unpaired) electrons. The molecular weight excluding hydrogens is 423 g/mol. The SMILES string of the molecule is COCCOc1ccc(C2=[C-]CC(Br)C(=O)N2C)c(C)c1.[Y]. The normalized spacial score (nSPS) is 17.8. The van der Waals surface area contributed by atoms with Crippen LogP contribution in [0, 0.1) is 13.0 Å². The fraction of sp³-hybridized carbons (Fsp3) is 0.438. The molecule has 1 aromatic carbocycles. The maximum atomic E-state index is 12.0. The van der Waals surface area contributed by atoms with E-state index in [1.165, 1.54) is 0 Å². The van der Waals surface area contributed by atoms with Crippen LogP contribution in [-0.4, -0.2) is 43.0 Å². The third kappa shape index (κ3) is 4.64. The smallest absolute Gasteiger partial charge is 0.236 e. The van der Waals surface area contributed by atoms with Crippen LogP contribution in [0.3, 0.4) is 0 Å². The van der Waals surface area contributed by atoms with Gasteiger partial charge in [0, 0.05) is 46.9 Å². The predicted molar refractivity (Wildman–Crippen MR) is 85.3 cm³/mol. The number of aryl methyl sites for hydroxylation is 1. The van der Waals surface area contributed by atoms with E-state index in [-0.39, 0.29) is 43.4 Å². The number of carbonyl (C=O) groups is 1. The zero-order valence-electron chi connectivity index (χ0n) is 13.1. The van der Waals surface area contributed by atoms with Crippen molar-refractivity contribution >= 4 is 27.5 Å². The van der Waals surface area contributed by atoms with Gasteiger partial charge in [-0.2, -0.15) is 0 Å². The van der Waals surface area contributed by atoms with Crippen molar-refractivity contribution in [2.45, 2.75) is 18.2 Å². The molecule has 1 aromatic rings. The number of halogens is 1. The molecule has 1 heterocycles. The van der Waals surface area contributed by atoms with Crippen molar-refractivity contribution in [1.82, 2.24) is 4.90 Å². The van der Waals surface area contributed by atoms with Crippen LogP contribution < -0.4 is 4.74 Å². The number of methoxy groups -OCH3 is 1. The fourth-order valence-electron chi connectivity index (χ4n) is 2.22. The summed E-state index contributed by atoms with van der Waals surface area (Å²) in [6, 6.07) is 5.85. The van der Waals surface area contributed by atoms with Crippen molar-refractivity contribution in [3.05, 3.63) is 35.4 Å². The van der Waals surface area contributed by atoms with Gasteiger partial charge >= 0.3 is 0 Å². The minimum atomic E-state index is -0.178. The number of hydrogen-bond donors (Lipinski definition) is 0. The van der Waals surface area contributed by atoms with Crippen LogP contribution in [0.2, 0.25) is 0 Å². The van der Waals surface area contributed by atoms with Gasteiger partial charge in [-0.05, 0) is 12.1 Å². The number of alkyl halides is 1. The molecule has 4 nitrogen and oxygen atoms in total. The average molecular weight is 442 g/mol. The zero-order valence-corrected chi connectivity index (χ0v) is 17.5. The van der Waals surface area contributed by atoms with E-state index in [4.69, 9.17) is 9.47 Å². The van der Waals surface area contributed by atoms with Crippen molar-refractivity contribution in [2.24, 2.45) is 0 Å². The summed E-state index contributed by atoms with van der Waals surface area (Å²) in [5, 5.41) is 0. The first kappa shape index (κ1) is 19.8. The molecule has 0 N–H and O–H groups in total. The number of carbonyl (C=O) groups excluding carboxylic acids is 1. The minimum Gasteiger partial charge on any atom is -0.491 e. The Balaban J connectivity index is 0.00000242. The van der Waals surface area contributed by atoms with Crippen LogP contribution in [0.1, 0.15) is 17.5 Å². The Hall–Kier alpha value is -0.226. The molecule has 0 aromatic heterocycles. The van der Waals surface area contributed by atoms with Gasteiger partial charge in [0.15, 0.2) is 0 Å². The first-order valence-corrected chi connectivity index (χ1v) is 7.71. The Labute approximate surface area is 165 Å². The van der Waals surface area contributed by atoms with Crippen LogP contribution in [0.5, 0.6) is 5.75 Å². The molecule has 117 valence electrons. The van der Waals surface area contributed by atoms with Gasteiger partial charge in [-0.1, -0.05) is 29.3 Å². The van der Waals surface area contributed by atoms with Crippen LogP contribution in [0.15, 0.2) is 18.2 Å². The van der Waals surface area contributed by atoms with Crippen molar-refractivity contribution in [3.8, 4) is 5.75 Å². The van der Waals surface area contributed by atoms with Crippen molar-refractivity contribution in [2.75, 3.05) is 27.4 Å². The third-order valence-electron chi connectivity index (χ3n) is 3.39. The first-order valence-electron chi connectivity index (χ1n) is 6.80. The van der Waals surface area contributed by atoms with E-state index in [9.17, 15) is 4.79 Å². The molecular formula is C16H19BrNO3Y-. The summed E-state index contributed by atoms with van der Waals surface area (Å²) in [6.45, 7) is 3.09. The number of allylic oxidation sites excluding steroid dienone is 1. The number of benzene rings is 1. The molecule has 1 aliphatic rings. The fourth-order valence-corrected chi connectivity index (χ4v) is 2.69. The molecule has 1 aliphatic heterocycles. The minimum absolute atomic E-state index is 0. The summed E-state index contributed by atoms with van der Waals surface area (Å²) in [5.74, 6) is 0.862. The second-order valence-corrected chi connectivity index (χ2v) is 6.02. The van der Waals surface area contributed by atoms with Crippen LogP contribution in [0.4, 0.5) is 0 Å². The van der Waals surface area contributed by atoms with Crippen LogP contribution in [0.25, 0.3) is 5.70 Å². The van der Waals surface area contributed by atoms with E-state index >= 15 is 0 Å². The molecule has 1 atom stereocenters. The molecule has 1 unspecified atom stereocenters. The summed E-state index contributed by atoms with van der Waals surface area (Å²) < 4.78 is 10.6. The molecule has 0 spiro atoms. The molecule has 0 saturated heterocycles. The number of amides is 1. The maximum Gasteiger partial charge on any atom is 0.236 e. The monoisotopic (exact) mass is 441 g/mol. The van der Waals surface area contributed by atoms with Crippen LogP contribution >= 0.6 is 15.9 Å². The summed E-state index contributed by atoms with van der Waals surface area (Å²) >= 11 is 3.36. The average Bonchev–Trinajstić information content (AvgIpc) is 2.46. The molecule has 0 bridgehead atoms. The summed E-state index contributed by atoms with van der Waals surface area (Å²) in [6.07, 6.45) is 3.88. The Bertz CT molecular complexity index is 562. The predicted octanol–water partition coefficient (Wildman–Crippen LogP) is 2.79. The number of rotatable bonds is 5. The van der Waals surface area contributed by atoms with Gasteiger partial charge in [0.05, 0.1) is 11.4 Å². The van der Waals surface area contributed by atoms with E-state index in [0.717, 1.165) is 22.6 Å². The molecule has 22 heavy (non-hydrogen) atoms. The molecule has 1 amide bonds. The van der Waals surface area contributed by atoms with Gasteiger partial charge in [0.25, 0.3) is 0 Å². The molecule has 0 fully saturated rings. The Morgan fingerprint density at radius 3 is 2.77 bits per heavy atom. The molecule has 6 heteroatoms. The summed E-state index contributed by atoms with van der Waals surface area (Å²) in [4.78, 5) is 13.5. The van der Waals surface area contributed by atoms with Crippen molar-refractivity contribution in [3.63, 3.8) is 0 Å². The maximum absolute atomic E-state index is 12.0. The Kier molecular flexibility index (Phi) is 8.25. The zero-order chi connectivity index (χ0) is 15.4. The van der Waals surface area contributed by atoms with Crippen LogP contribution in [-0.2, 0) is 42.2 Å². The number of nitrogens with zero attached hydrogens (tertiary/aromatic N) is 1. The quantitative estimate of drug-likeness (QED) is 0.400. The van der Waals surface area contributed by atoms with Crippen molar-refractivity contribution < 1.29 is 47.0 Å². The standard InChI is InChI=1S/C16H19BrNO3.Y/c1-11-10-12(21-9-8-20-3)4-5-13(11)15-7-6-14(17)16(19)18(15)2;/h4-5,10,14H,6,8-9H2,1-3H3;/q-1;. The van der Waals surface area contributed by atoms with E-state index in [1.54, 1.807) is 19.1 Å². The van der Waals surface area contributed by atoms with Gasteiger partial charge in [-0.3, -0.25) is 4.79 Å². The molecule has 0 saturated carbocycles. The van der Waals surface area contributed by atoms with Crippen molar-refractivity contribution in [1.29, 1.82) is 0 Å². The number of hydrogen-bond acceptors (Lipinski definition) is 3. The third-order valence-corrected chi connectivity index (χ3v) is 4.11. The molecule has 2 rings (SSSR count). The van der Waals surface area contributed by atoms with Gasteiger partial charge in [0.1, 0.15) is 12.4 Å². The van der Waals surface area contributed by atoms with E-state index in [1.807, 2.05) is 25.1 Å². The summed E-state index contributed by atoms with van der Waals surface area (Å²) in [5.41, 5.74) is 2.89. The van der Waals surface area contributed by atoms with E-state index in [2.05, 4.69) is 22.0 Å².